The number of fused-ring (bicyclic) bond motifs is 3. The second kappa shape index (κ2) is 5.27. The van der Waals surface area contributed by atoms with Gasteiger partial charge in [0.25, 0.3) is 0 Å². The van der Waals surface area contributed by atoms with Gasteiger partial charge in [0.1, 0.15) is 5.82 Å². The molecule has 116 valence electrons. The Morgan fingerprint density at radius 1 is 1.04 bits per heavy atom. The SMILES string of the molecule is Cc1cc(C)cc(C2=Cc3c([nH]c4ccc(Br)cc34)N(C)C2)c1. The summed E-state index contributed by atoms with van der Waals surface area (Å²) >= 11 is 3.59. The number of benzene rings is 2. The van der Waals surface area contributed by atoms with Gasteiger partial charge in [0, 0.05) is 34.5 Å². The Bertz CT molecular complexity index is 929. The summed E-state index contributed by atoms with van der Waals surface area (Å²) in [7, 11) is 2.15. The first-order valence-corrected chi connectivity index (χ1v) is 8.62. The lowest BCUT2D eigenvalue weighted by Gasteiger charge is -2.25. The molecule has 3 aromatic rings. The Morgan fingerprint density at radius 2 is 1.78 bits per heavy atom. The molecule has 1 aliphatic rings. The summed E-state index contributed by atoms with van der Waals surface area (Å²) in [5, 5.41) is 1.27. The molecule has 2 aromatic carbocycles. The van der Waals surface area contributed by atoms with Crippen molar-refractivity contribution in [3.63, 3.8) is 0 Å². The number of rotatable bonds is 1. The zero-order valence-electron chi connectivity index (χ0n) is 13.6. The largest absolute Gasteiger partial charge is 0.356 e. The molecule has 4 rings (SSSR count). The van der Waals surface area contributed by atoms with Gasteiger partial charge >= 0.3 is 0 Å². The van der Waals surface area contributed by atoms with Crippen LogP contribution in [-0.4, -0.2) is 18.6 Å². The maximum absolute atomic E-state index is 3.59. The molecule has 1 N–H and O–H groups in total. The Balaban J connectivity index is 1.93. The second-order valence-corrected chi connectivity index (χ2v) is 7.39. The number of H-pyrrole nitrogens is 1. The first-order valence-electron chi connectivity index (χ1n) is 7.83. The fraction of sp³-hybridized carbons (Fsp3) is 0.200. The van der Waals surface area contributed by atoms with Gasteiger partial charge in [-0.1, -0.05) is 45.3 Å². The Hall–Kier alpha value is -2.00. The molecule has 3 heteroatoms. The van der Waals surface area contributed by atoms with E-state index >= 15 is 0 Å². The van der Waals surface area contributed by atoms with Crippen molar-refractivity contribution in [3.8, 4) is 0 Å². The van der Waals surface area contributed by atoms with Crippen molar-refractivity contribution in [1.82, 2.24) is 4.98 Å². The number of nitrogens with zero attached hydrogens (tertiary/aromatic N) is 1. The van der Waals surface area contributed by atoms with Crippen molar-refractivity contribution in [2.45, 2.75) is 13.8 Å². The van der Waals surface area contributed by atoms with Gasteiger partial charge in [0.15, 0.2) is 0 Å². The van der Waals surface area contributed by atoms with Crippen molar-refractivity contribution in [3.05, 3.63) is 63.1 Å². The van der Waals surface area contributed by atoms with Crippen LogP contribution in [0.4, 0.5) is 5.82 Å². The molecule has 1 aromatic heterocycles. The van der Waals surface area contributed by atoms with Crippen molar-refractivity contribution < 1.29 is 0 Å². The summed E-state index contributed by atoms with van der Waals surface area (Å²) in [6.07, 6.45) is 2.34. The van der Waals surface area contributed by atoms with Crippen LogP contribution < -0.4 is 4.90 Å². The average molecular weight is 367 g/mol. The number of anilines is 1. The van der Waals surface area contributed by atoms with Crippen molar-refractivity contribution >= 4 is 44.3 Å². The van der Waals surface area contributed by atoms with E-state index in [0.29, 0.717) is 0 Å². The first-order chi connectivity index (χ1) is 11.0. The van der Waals surface area contributed by atoms with Crippen molar-refractivity contribution in [2.75, 3.05) is 18.5 Å². The molecule has 0 saturated carbocycles. The molecule has 1 aliphatic heterocycles. The monoisotopic (exact) mass is 366 g/mol. The molecule has 0 bridgehead atoms. The number of aromatic nitrogens is 1. The third kappa shape index (κ3) is 2.49. The van der Waals surface area contributed by atoms with Gasteiger partial charge in [-0.05, 0) is 49.3 Å². The predicted octanol–water partition coefficient (Wildman–Crippen LogP) is 5.54. The predicted molar refractivity (Wildman–Crippen MR) is 103 cm³/mol. The molecule has 0 aliphatic carbocycles. The highest BCUT2D eigenvalue weighted by atomic mass is 79.9. The lowest BCUT2D eigenvalue weighted by Crippen LogP contribution is -2.23. The molecule has 0 saturated heterocycles. The summed E-state index contributed by atoms with van der Waals surface area (Å²) in [5.74, 6) is 1.20. The lowest BCUT2D eigenvalue weighted by molar-refractivity contribution is 1.01. The molecule has 0 atom stereocenters. The Morgan fingerprint density at radius 3 is 2.52 bits per heavy atom. The fourth-order valence-electron chi connectivity index (χ4n) is 3.51. The molecular weight excluding hydrogens is 348 g/mol. The normalized spacial score (nSPS) is 14.1. The zero-order chi connectivity index (χ0) is 16.1. The summed E-state index contributed by atoms with van der Waals surface area (Å²) < 4.78 is 1.11. The van der Waals surface area contributed by atoms with Gasteiger partial charge in [-0.3, -0.25) is 0 Å². The molecule has 0 fully saturated rings. The molecule has 0 amide bonds. The van der Waals surface area contributed by atoms with Crippen LogP contribution >= 0.6 is 15.9 Å². The average Bonchev–Trinajstić information content (AvgIpc) is 2.85. The summed E-state index contributed by atoms with van der Waals surface area (Å²) in [4.78, 5) is 5.85. The highest BCUT2D eigenvalue weighted by molar-refractivity contribution is 9.10. The van der Waals surface area contributed by atoms with Crippen LogP contribution in [0.15, 0.2) is 40.9 Å². The Kier molecular flexibility index (Phi) is 3.34. The van der Waals surface area contributed by atoms with E-state index in [-0.39, 0.29) is 0 Å². The maximum Gasteiger partial charge on any atom is 0.114 e. The van der Waals surface area contributed by atoms with Crippen LogP contribution in [0.3, 0.4) is 0 Å². The first kappa shape index (κ1) is 14.6. The van der Waals surface area contributed by atoms with Crippen molar-refractivity contribution in [2.24, 2.45) is 0 Å². The number of aromatic amines is 1. The van der Waals surface area contributed by atoms with Crippen LogP contribution in [0.25, 0.3) is 22.6 Å². The molecule has 0 unspecified atom stereocenters. The minimum absolute atomic E-state index is 0.921. The highest BCUT2D eigenvalue weighted by Gasteiger charge is 2.20. The summed E-state index contributed by atoms with van der Waals surface area (Å²) in [6.45, 7) is 5.25. The fourth-order valence-corrected chi connectivity index (χ4v) is 3.87. The number of hydrogen-bond donors (Lipinski definition) is 1. The van der Waals surface area contributed by atoms with E-state index < -0.39 is 0 Å². The lowest BCUT2D eigenvalue weighted by atomic mass is 9.96. The van der Waals surface area contributed by atoms with Crippen LogP contribution in [0.5, 0.6) is 0 Å². The highest BCUT2D eigenvalue weighted by Crippen LogP contribution is 2.37. The van der Waals surface area contributed by atoms with E-state index in [1.807, 2.05) is 0 Å². The molecule has 0 spiro atoms. The van der Waals surface area contributed by atoms with Gasteiger partial charge < -0.3 is 9.88 Å². The molecule has 0 radical (unpaired) electrons. The molecular formula is C20H19BrN2. The number of halogens is 1. The summed E-state index contributed by atoms with van der Waals surface area (Å²) in [5.41, 5.74) is 7.79. The van der Waals surface area contributed by atoms with Crippen LogP contribution in [0.1, 0.15) is 22.3 Å². The van der Waals surface area contributed by atoms with Gasteiger partial charge in [0.2, 0.25) is 0 Å². The van der Waals surface area contributed by atoms with E-state index in [1.54, 1.807) is 0 Å². The van der Waals surface area contributed by atoms with Crippen LogP contribution in [-0.2, 0) is 0 Å². The summed E-state index contributed by atoms with van der Waals surface area (Å²) in [6, 6.07) is 13.2. The minimum atomic E-state index is 0.921. The van der Waals surface area contributed by atoms with Crippen LogP contribution in [0.2, 0.25) is 0 Å². The van der Waals surface area contributed by atoms with Crippen LogP contribution in [0, 0.1) is 13.8 Å². The van der Waals surface area contributed by atoms with E-state index in [9.17, 15) is 0 Å². The van der Waals surface area contributed by atoms with E-state index in [4.69, 9.17) is 0 Å². The maximum atomic E-state index is 3.59. The topological polar surface area (TPSA) is 19.0 Å². The standard InChI is InChI=1S/C20H19BrN2/c1-12-6-13(2)8-14(7-12)15-9-18-17-10-16(21)4-5-19(17)22-20(18)23(3)11-15/h4-10,22H,11H2,1-3H3. The Labute approximate surface area is 145 Å². The number of nitrogens with one attached hydrogen (secondary N) is 1. The number of likely N-dealkylation sites (N-methyl/N-ethyl adjacent to an activating group) is 1. The van der Waals surface area contributed by atoms with Gasteiger partial charge in [-0.15, -0.1) is 0 Å². The smallest absolute Gasteiger partial charge is 0.114 e. The number of hydrogen-bond acceptors (Lipinski definition) is 1. The third-order valence-electron chi connectivity index (χ3n) is 4.48. The minimum Gasteiger partial charge on any atom is -0.356 e. The zero-order valence-corrected chi connectivity index (χ0v) is 15.2. The van der Waals surface area contributed by atoms with Gasteiger partial charge in [0.05, 0.1) is 0 Å². The molecule has 2 nitrogen and oxygen atoms in total. The van der Waals surface area contributed by atoms with E-state index in [0.717, 1.165) is 11.0 Å². The van der Waals surface area contributed by atoms with E-state index in [2.05, 4.69) is 89.2 Å². The third-order valence-corrected chi connectivity index (χ3v) is 4.97. The second-order valence-electron chi connectivity index (χ2n) is 6.48. The van der Waals surface area contributed by atoms with E-state index in [1.165, 1.54) is 44.5 Å². The quantitative estimate of drug-likeness (QED) is 0.599. The van der Waals surface area contributed by atoms with Crippen molar-refractivity contribution in [1.29, 1.82) is 0 Å². The van der Waals surface area contributed by atoms with Gasteiger partial charge in [-0.2, -0.15) is 0 Å². The molecule has 23 heavy (non-hydrogen) atoms. The number of aryl methyl sites for hydroxylation is 2. The molecule has 2 heterocycles. The van der Waals surface area contributed by atoms with Gasteiger partial charge in [-0.25, -0.2) is 0 Å².